The van der Waals surface area contributed by atoms with Gasteiger partial charge in [-0.2, -0.15) is 0 Å². The summed E-state index contributed by atoms with van der Waals surface area (Å²) in [6.07, 6.45) is 0. The Labute approximate surface area is 160 Å². The van der Waals surface area contributed by atoms with E-state index in [1.165, 1.54) is 34.6 Å². The predicted molar refractivity (Wildman–Crippen MR) is 102 cm³/mol. The quantitative estimate of drug-likeness (QED) is 0.613. The van der Waals surface area contributed by atoms with Gasteiger partial charge in [0.15, 0.2) is 0 Å². The molecule has 8 heteroatoms. The summed E-state index contributed by atoms with van der Waals surface area (Å²) in [6, 6.07) is 10.8. The van der Waals surface area contributed by atoms with Crippen molar-refractivity contribution in [2.45, 2.75) is 18.7 Å². The van der Waals surface area contributed by atoms with Gasteiger partial charge in [0, 0.05) is 11.0 Å². The van der Waals surface area contributed by atoms with Gasteiger partial charge in [0.1, 0.15) is 0 Å². The Morgan fingerprint density at radius 3 is 2.32 bits per heavy atom. The number of esters is 1. The number of hydrogen-bond acceptors (Lipinski definition) is 4. The average Bonchev–Trinajstić information content (AvgIpc) is 2.56. The first-order chi connectivity index (χ1) is 11.8. The molecule has 0 amide bonds. The smallest absolute Gasteiger partial charge is 0.339 e. The molecule has 0 spiro atoms. The Morgan fingerprint density at radius 2 is 1.80 bits per heavy atom. The fourth-order valence-electron chi connectivity index (χ4n) is 2.26. The molecule has 2 aromatic rings. The number of hydrogen-bond donors (Lipinski definition) is 0. The minimum atomic E-state index is -3.74. The SMILES string of the molecule is CCOC(=O)c1ccc(N(CC)S(=O)(=O)c2ccc(Br)cc2)cc1Cl. The fourth-order valence-corrected chi connectivity index (χ4v) is 4.24. The highest BCUT2D eigenvalue weighted by Crippen LogP contribution is 2.29. The van der Waals surface area contributed by atoms with Gasteiger partial charge in [0.25, 0.3) is 10.0 Å². The van der Waals surface area contributed by atoms with Gasteiger partial charge in [-0.3, -0.25) is 4.31 Å². The van der Waals surface area contributed by atoms with Crippen molar-refractivity contribution in [3.05, 3.63) is 57.5 Å². The van der Waals surface area contributed by atoms with Gasteiger partial charge in [-0.15, -0.1) is 0 Å². The van der Waals surface area contributed by atoms with E-state index in [0.29, 0.717) is 5.69 Å². The third-order valence-electron chi connectivity index (χ3n) is 3.42. The number of nitrogens with zero attached hydrogens (tertiary/aromatic N) is 1. The van der Waals surface area contributed by atoms with E-state index in [1.54, 1.807) is 26.0 Å². The standard InChI is InChI=1S/C17H17BrClNO4S/c1-3-20(25(22,23)14-8-5-12(18)6-9-14)13-7-10-15(16(19)11-13)17(21)24-4-2/h5-11H,3-4H2,1-2H3. The second-order valence-corrected chi connectivity index (χ2v) is 8.19. The van der Waals surface area contributed by atoms with E-state index in [9.17, 15) is 13.2 Å². The minimum Gasteiger partial charge on any atom is -0.462 e. The summed E-state index contributed by atoms with van der Waals surface area (Å²) in [5.74, 6) is -0.544. The molecule has 0 saturated heterocycles. The lowest BCUT2D eigenvalue weighted by molar-refractivity contribution is 0.0526. The highest BCUT2D eigenvalue weighted by molar-refractivity contribution is 9.10. The molecule has 0 N–H and O–H groups in total. The maximum atomic E-state index is 12.9. The molecular weight excluding hydrogens is 430 g/mol. The van der Waals surface area contributed by atoms with Crippen LogP contribution < -0.4 is 4.31 Å². The molecule has 0 aromatic heterocycles. The molecule has 2 aromatic carbocycles. The molecule has 0 heterocycles. The third-order valence-corrected chi connectivity index (χ3v) is 6.18. The molecule has 0 fully saturated rings. The van der Waals surface area contributed by atoms with Crippen LogP contribution in [0.3, 0.4) is 0 Å². The molecule has 0 aliphatic carbocycles. The maximum absolute atomic E-state index is 12.9. The summed E-state index contributed by atoms with van der Waals surface area (Å²) < 4.78 is 32.7. The van der Waals surface area contributed by atoms with E-state index in [0.717, 1.165) is 4.47 Å². The lowest BCUT2D eigenvalue weighted by Gasteiger charge is -2.23. The molecule has 0 bridgehead atoms. The van der Waals surface area contributed by atoms with Crippen LogP contribution in [0, 0.1) is 0 Å². The largest absolute Gasteiger partial charge is 0.462 e. The molecule has 2 rings (SSSR count). The van der Waals surface area contributed by atoms with Crippen molar-refractivity contribution in [1.82, 2.24) is 0 Å². The van der Waals surface area contributed by atoms with Crippen LogP contribution in [0.25, 0.3) is 0 Å². The first kappa shape index (κ1) is 19.8. The Morgan fingerprint density at radius 1 is 1.16 bits per heavy atom. The number of ether oxygens (including phenoxy) is 1. The van der Waals surface area contributed by atoms with E-state index in [4.69, 9.17) is 16.3 Å². The van der Waals surface area contributed by atoms with E-state index >= 15 is 0 Å². The van der Waals surface area contributed by atoms with Crippen LogP contribution in [0.15, 0.2) is 51.8 Å². The number of carbonyl (C=O) groups excluding carboxylic acids is 1. The number of benzene rings is 2. The molecule has 0 unspecified atom stereocenters. The number of halogens is 2. The van der Waals surface area contributed by atoms with E-state index in [-0.39, 0.29) is 28.6 Å². The molecular formula is C17H17BrClNO4S. The van der Waals surface area contributed by atoms with Crippen molar-refractivity contribution >= 4 is 49.2 Å². The summed E-state index contributed by atoms with van der Waals surface area (Å²) >= 11 is 9.43. The van der Waals surface area contributed by atoms with Gasteiger partial charge in [0.2, 0.25) is 0 Å². The highest BCUT2D eigenvalue weighted by atomic mass is 79.9. The van der Waals surface area contributed by atoms with Crippen LogP contribution >= 0.6 is 27.5 Å². The lowest BCUT2D eigenvalue weighted by atomic mass is 10.2. The molecule has 0 aliphatic rings. The number of anilines is 1. The van der Waals surface area contributed by atoms with Gasteiger partial charge in [-0.05, 0) is 56.3 Å². The van der Waals surface area contributed by atoms with Gasteiger partial charge < -0.3 is 4.74 Å². The van der Waals surface area contributed by atoms with Crippen molar-refractivity contribution in [1.29, 1.82) is 0 Å². The predicted octanol–water partition coefficient (Wildman–Crippen LogP) is 4.49. The molecule has 0 saturated carbocycles. The summed E-state index contributed by atoms with van der Waals surface area (Å²) in [4.78, 5) is 12.0. The molecule has 5 nitrogen and oxygen atoms in total. The highest BCUT2D eigenvalue weighted by Gasteiger charge is 2.24. The Hall–Kier alpha value is -1.57. The maximum Gasteiger partial charge on any atom is 0.339 e. The zero-order valence-electron chi connectivity index (χ0n) is 13.7. The van der Waals surface area contributed by atoms with Crippen molar-refractivity contribution in [3.8, 4) is 0 Å². The molecule has 0 aliphatic heterocycles. The summed E-state index contributed by atoms with van der Waals surface area (Å²) in [5, 5.41) is 0.139. The van der Waals surface area contributed by atoms with Gasteiger partial charge >= 0.3 is 5.97 Å². The number of sulfonamides is 1. The summed E-state index contributed by atoms with van der Waals surface area (Å²) in [7, 11) is -3.74. The van der Waals surface area contributed by atoms with Crippen molar-refractivity contribution < 1.29 is 17.9 Å². The molecule has 25 heavy (non-hydrogen) atoms. The minimum absolute atomic E-state index is 0.139. The summed E-state index contributed by atoms with van der Waals surface area (Å²) in [6.45, 7) is 3.87. The lowest BCUT2D eigenvalue weighted by Crippen LogP contribution is -2.30. The van der Waals surface area contributed by atoms with Gasteiger partial charge in [-0.25, -0.2) is 13.2 Å². The normalized spacial score (nSPS) is 11.2. The zero-order valence-corrected chi connectivity index (χ0v) is 16.9. The topological polar surface area (TPSA) is 63.7 Å². The van der Waals surface area contributed by atoms with Crippen LogP contribution in [0.1, 0.15) is 24.2 Å². The van der Waals surface area contributed by atoms with Gasteiger partial charge in [0.05, 0.1) is 27.8 Å². The fraction of sp³-hybridized carbons (Fsp3) is 0.235. The molecule has 0 atom stereocenters. The average molecular weight is 447 g/mol. The van der Waals surface area contributed by atoms with Crippen LogP contribution in [0.5, 0.6) is 0 Å². The Bertz CT molecular complexity index is 869. The van der Waals surface area contributed by atoms with Crippen LogP contribution in [-0.4, -0.2) is 27.5 Å². The number of rotatable bonds is 6. The number of carbonyl (C=O) groups is 1. The molecule has 134 valence electrons. The molecule has 0 radical (unpaired) electrons. The van der Waals surface area contributed by atoms with E-state index in [1.807, 2.05) is 0 Å². The second-order valence-electron chi connectivity index (χ2n) is 5.01. The van der Waals surface area contributed by atoms with Crippen LogP contribution in [0.2, 0.25) is 5.02 Å². The van der Waals surface area contributed by atoms with Crippen molar-refractivity contribution in [2.24, 2.45) is 0 Å². The summed E-state index contributed by atoms with van der Waals surface area (Å²) in [5.41, 5.74) is 0.577. The van der Waals surface area contributed by atoms with Crippen molar-refractivity contribution in [3.63, 3.8) is 0 Å². The van der Waals surface area contributed by atoms with E-state index < -0.39 is 16.0 Å². The first-order valence-corrected chi connectivity index (χ1v) is 10.2. The van der Waals surface area contributed by atoms with Gasteiger partial charge in [-0.1, -0.05) is 27.5 Å². The first-order valence-electron chi connectivity index (χ1n) is 7.56. The second kappa shape index (κ2) is 8.21. The monoisotopic (exact) mass is 445 g/mol. The third kappa shape index (κ3) is 4.34. The van der Waals surface area contributed by atoms with Crippen LogP contribution in [-0.2, 0) is 14.8 Å². The van der Waals surface area contributed by atoms with E-state index in [2.05, 4.69) is 15.9 Å². The Kier molecular flexibility index (Phi) is 6.48. The van der Waals surface area contributed by atoms with Crippen LogP contribution in [0.4, 0.5) is 5.69 Å². The Balaban J connectivity index is 2.42. The zero-order chi connectivity index (χ0) is 18.6. The van der Waals surface area contributed by atoms with Crippen molar-refractivity contribution in [2.75, 3.05) is 17.5 Å².